The van der Waals surface area contributed by atoms with Gasteiger partial charge < -0.3 is 15.6 Å². The molecule has 8 heteroatoms. The monoisotopic (exact) mass is 375 g/mol. The van der Waals surface area contributed by atoms with E-state index in [1.807, 2.05) is 12.1 Å². The first kappa shape index (κ1) is 18.7. The maximum atomic E-state index is 10.1. The van der Waals surface area contributed by atoms with Crippen LogP contribution < -0.4 is 5.73 Å². The van der Waals surface area contributed by atoms with Crippen molar-refractivity contribution in [1.82, 2.24) is 14.9 Å². The van der Waals surface area contributed by atoms with Gasteiger partial charge in [-0.25, -0.2) is 4.98 Å². The largest absolute Gasteiger partial charge is 0.404 e. The summed E-state index contributed by atoms with van der Waals surface area (Å²) in [6.07, 6.45) is 4.30. The van der Waals surface area contributed by atoms with E-state index in [9.17, 15) is 5.11 Å². The van der Waals surface area contributed by atoms with Crippen LogP contribution in [0.25, 0.3) is 16.6 Å². The molecule has 138 valence electrons. The minimum atomic E-state index is -0.529. The fourth-order valence-corrected chi connectivity index (χ4v) is 2.92. The van der Waals surface area contributed by atoms with Crippen LogP contribution in [-0.2, 0) is 4.74 Å². The highest BCUT2D eigenvalue weighted by molar-refractivity contribution is 6.29. The molecular weight excluding hydrogens is 354 g/mol. The lowest BCUT2D eigenvalue weighted by atomic mass is 10.1. The number of fused-ring (bicyclic) bond motifs is 1. The molecule has 1 aliphatic rings. The number of aliphatic imine (C=N–C) groups is 1. The predicted molar refractivity (Wildman–Crippen MR) is 103 cm³/mol. The summed E-state index contributed by atoms with van der Waals surface area (Å²) in [6, 6.07) is 5.38. The van der Waals surface area contributed by atoms with Crippen LogP contribution in [0.2, 0.25) is 5.15 Å². The van der Waals surface area contributed by atoms with Gasteiger partial charge in [0.25, 0.3) is 0 Å². The molecule has 1 saturated heterocycles. The van der Waals surface area contributed by atoms with Gasteiger partial charge in [-0.05, 0) is 18.2 Å². The zero-order chi connectivity index (χ0) is 18.4. The number of aromatic nitrogens is 2. The number of ether oxygens (including phenoxy) is 1. The molecule has 0 aliphatic carbocycles. The number of aliphatic hydroxyl groups is 1. The topological polar surface area (TPSA) is 96.9 Å². The van der Waals surface area contributed by atoms with Gasteiger partial charge in [0.05, 0.1) is 36.9 Å². The Balaban J connectivity index is 1.62. The summed E-state index contributed by atoms with van der Waals surface area (Å²) in [7, 11) is 0. The number of hydrogen-bond acceptors (Lipinski definition) is 7. The standard InChI is InChI=1S/C18H22ClN5O2/c19-18-2-1-16-17(23-18)7-13(10-22-16)14(8-20)9-21-11-15(25)12-24-3-5-26-6-4-24/h1-2,7-10,15,25H,3-6,11-12,20H2. The second-order valence-electron chi connectivity index (χ2n) is 6.08. The Hall–Kier alpha value is -2.06. The number of morpholine rings is 1. The molecule has 3 rings (SSSR count). The van der Waals surface area contributed by atoms with E-state index >= 15 is 0 Å². The molecule has 0 amide bonds. The Morgan fingerprint density at radius 3 is 2.96 bits per heavy atom. The number of pyridine rings is 2. The Labute approximate surface area is 157 Å². The minimum Gasteiger partial charge on any atom is -0.404 e. The second kappa shape index (κ2) is 9.05. The van der Waals surface area contributed by atoms with Crippen LogP contribution in [0.3, 0.4) is 0 Å². The number of aliphatic hydroxyl groups excluding tert-OH is 1. The molecule has 2 aromatic rings. The minimum absolute atomic E-state index is 0.305. The molecule has 1 fully saturated rings. The molecule has 0 aromatic carbocycles. The van der Waals surface area contributed by atoms with Crippen LogP contribution in [0.15, 0.2) is 35.6 Å². The molecular formula is C18H22ClN5O2. The number of allylic oxidation sites excluding steroid dienone is 1. The number of β-amino-alcohol motifs (C(OH)–C–C–N with tert-alkyl or cyclic N) is 1. The number of hydrogen-bond donors (Lipinski definition) is 2. The van der Waals surface area contributed by atoms with E-state index in [0.29, 0.717) is 42.5 Å². The summed E-state index contributed by atoms with van der Waals surface area (Å²) < 4.78 is 5.30. The molecule has 3 heterocycles. The Kier molecular flexibility index (Phi) is 6.51. The summed E-state index contributed by atoms with van der Waals surface area (Å²) in [5.74, 6) is 0. The fraction of sp³-hybridized carbons (Fsp3) is 0.389. The molecule has 1 atom stereocenters. The third-order valence-corrected chi connectivity index (χ3v) is 4.35. The zero-order valence-electron chi connectivity index (χ0n) is 14.4. The maximum Gasteiger partial charge on any atom is 0.129 e. The zero-order valence-corrected chi connectivity index (χ0v) is 15.1. The molecule has 0 bridgehead atoms. The van der Waals surface area contributed by atoms with Crippen LogP contribution in [0.4, 0.5) is 0 Å². The van der Waals surface area contributed by atoms with E-state index in [4.69, 9.17) is 22.1 Å². The summed E-state index contributed by atoms with van der Waals surface area (Å²) >= 11 is 5.94. The fourth-order valence-electron chi connectivity index (χ4n) is 2.77. The third kappa shape index (κ3) is 4.98. The van der Waals surface area contributed by atoms with Gasteiger partial charge in [-0.3, -0.25) is 14.9 Å². The maximum absolute atomic E-state index is 10.1. The van der Waals surface area contributed by atoms with Gasteiger partial charge in [0, 0.05) is 49.4 Å². The average molecular weight is 376 g/mol. The van der Waals surface area contributed by atoms with Crippen molar-refractivity contribution in [2.24, 2.45) is 10.7 Å². The lowest BCUT2D eigenvalue weighted by Gasteiger charge is -2.28. The highest BCUT2D eigenvalue weighted by atomic mass is 35.5. The van der Waals surface area contributed by atoms with Gasteiger partial charge in [0.15, 0.2) is 0 Å². The highest BCUT2D eigenvalue weighted by Crippen LogP contribution is 2.18. The van der Waals surface area contributed by atoms with Gasteiger partial charge in [0.2, 0.25) is 0 Å². The summed E-state index contributed by atoms with van der Waals surface area (Å²) in [6.45, 7) is 3.99. The molecule has 0 spiro atoms. The van der Waals surface area contributed by atoms with Crippen LogP contribution >= 0.6 is 11.6 Å². The lowest BCUT2D eigenvalue weighted by Crippen LogP contribution is -2.41. The molecule has 1 unspecified atom stereocenters. The molecule has 0 radical (unpaired) electrons. The van der Waals surface area contributed by atoms with Crippen molar-refractivity contribution >= 4 is 34.4 Å². The van der Waals surface area contributed by atoms with E-state index in [2.05, 4.69) is 19.9 Å². The van der Waals surface area contributed by atoms with Crippen LogP contribution in [-0.4, -0.2) is 71.7 Å². The normalized spacial score (nSPS) is 17.8. The van der Waals surface area contributed by atoms with Crippen molar-refractivity contribution < 1.29 is 9.84 Å². The number of nitrogens with zero attached hydrogens (tertiary/aromatic N) is 4. The van der Waals surface area contributed by atoms with Gasteiger partial charge in [-0.2, -0.15) is 0 Å². The molecule has 2 aromatic heterocycles. The van der Waals surface area contributed by atoms with Crippen molar-refractivity contribution in [3.8, 4) is 0 Å². The first-order chi connectivity index (χ1) is 12.7. The third-order valence-electron chi connectivity index (χ3n) is 4.14. The smallest absolute Gasteiger partial charge is 0.129 e. The first-order valence-corrected chi connectivity index (χ1v) is 8.86. The van der Waals surface area contributed by atoms with Crippen molar-refractivity contribution in [3.63, 3.8) is 0 Å². The molecule has 7 nitrogen and oxygen atoms in total. The van der Waals surface area contributed by atoms with Gasteiger partial charge in [-0.15, -0.1) is 0 Å². The van der Waals surface area contributed by atoms with E-state index in [1.54, 1.807) is 18.5 Å². The van der Waals surface area contributed by atoms with Crippen molar-refractivity contribution in [2.75, 3.05) is 39.4 Å². The van der Waals surface area contributed by atoms with E-state index in [0.717, 1.165) is 24.2 Å². The lowest BCUT2D eigenvalue weighted by molar-refractivity contribution is 0.0165. The van der Waals surface area contributed by atoms with Crippen LogP contribution in [0.1, 0.15) is 5.56 Å². The number of rotatable bonds is 6. The highest BCUT2D eigenvalue weighted by Gasteiger charge is 2.14. The first-order valence-electron chi connectivity index (χ1n) is 8.48. The van der Waals surface area contributed by atoms with Gasteiger partial charge in [0.1, 0.15) is 5.15 Å². The van der Waals surface area contributed by atoms with Gasteiger partial charge in [-0.1, -0.05) is 11.6 Å². The average Bonchev–Trinajstić information content (AvgIpc) is 2.65. The second-order valence-corrected chi connectivity index (χ2v) is 6.47. The van der Waals surface area contributed by atoms with Gasteiger partial charge >= 0.3 is 0 Å². The summed E-state index contributed by atoms with van der Waals surface area (Å²) in [5, 5.41) is 10.6. The Morgan fingerprint density at radius 2 is 2.19 bits per heavy atom. The predicted octanol–water partition coefficient (Wildman–Crippen LogP) is 1.35. The van der Waals surface area contributed by atoms with E-state index < -0.39 is 6.10 Å². The molecule has 26 heavy (non-hydrogen) atoms. The summed E-state index contributed by atoms with van der Waals surface area (Å²) in [4.78, 5) is 15.1. The molecule has 3 N–H and O–H groups in total. The van der Waals surface area contributed by atoms with Crippen molar-refractivity contribution in [1.29, 1.82) is 0 Å². The van der Waals surface area contributed by atoms with E-state index in [-0.39, 0.29) is 0 Å². The Morgan fingerprint density at radius 1 is 1.38 bits per heavy atom. The number of nitrogens with two attached hydrogens (primary N) is 1. The van der Waals surface area contributed by atoms with E-state index in [1.165, 1.54) is 6.20 Å². The Bertz CT molecular complexity index is 805. The van der Waals surface area contributed by atoms with Crippen LogP contribution in [0, 0.1) is 0 Å². The SMILES string of the molecule is NC=C(C=NCC(O)CN1CCOCC1)c1cnc2ccc(Cl)nc2c1. The molecule has 1 aliphatic heterocycles. The van der Waals surface area contributed by atoms with Crippen molar-refractivity contribution in [2.45, 2.75) is 6.10 Å². The van der Waals surface area contributed by atoms with Crippen molar-refractivity contribution in [3.05, 3.63) is 41.3 Å². The van der Waals surface area contributed by atoms with Crippen LogP contribution in [0.5, 0.6) is 0 Å². The molecule has 0 saturated carbocycles. The summed E-state index contributed by atoms with van der Waals surface area (Å²) in [5.41, 5.74) is 8.68. The number of halogens is 1. The quantitative estimate of drug-likeness (QED) is 0.584.